The van der Waals surface area contributed by atoms with Gasteiger partial charge >= 0.3 is 5.97 Å². The molecule has 1 aliphatic rings. The molecule has 1 saturated carbocycles. The van der Waals surface area contributed by atoms with Gasteiger partial charge in [0.05, 0.1) is 5.92 Å². The first-order valence-electron chi connectivity index (χ1n) is 6.32. The minimum atomic E-state index is -0.668. The highest BCUT2D eigenvalue weighted by molar-refractivity contribution is 5.77. The SMILES string of the molecule is CCC(C)c1ccc(C2(C)CC2C(=O)O)cc1. The molecule has 1 aromatic carbocycles. The number of hydrogen-bond donors (Lipinski definition) is 1. The van der Waals surface area contributed by atoms with Crippen LogP contribution in [0.3, 0.4) is 0 Å². The first kappa shape index (κ1) is 12.2. The molecule has 2 rings (SSSR count). The summed E-state index contributed by atoms with van der Waals surface area (Å²) >= 11 is 0. The number of carboxylic acids is 1. The van der Waals surface area contributed by atoms with E-state index in [-0.39, 0.29) is 11.3 Å². The van der Waals surface area contributed by atoms with Crippen molar-refractivity contribution in [2.75, 3.05) is 0 Å². The average Bonchev–Trinajstić information content (AvgIpc) is 3.03. The molecule has 3 unspecified atom stereocenters. The summed E-state index contributed by atoms with van der Waals surface area (Å²) in [5.41, 5.74) is 2.36. The molecular weight excluding hydrogens is 212 g/mol. The van der Waals surface area contributed by atoms with Crippen LogP contribution in [-0.2, 0) is 10.2 Å². The smallest absolute Gasteiger partial charge is 0.307 e. The fourth-order valence-electron chi connectivity index (χ4n) is 2.47. The van der Waals surface area contributed by atoms with Gasteiger partial charge in [0.1, 0.15) is 0 Å². The molecular formula is C15H20O2. The predicted octanol–water partition coefficient (Wildman–Crippen LogP) is 3.56. The number of benzene rings is 1. The van der Waals surface area contributed by atoms with Crippen LogP contribution in [0.4, 0.5) is 0 Å². The fourth-order valence-corrected chi connectivity index (χ4v) is 2.47. The van der Waals surface area contributed by atoms with Crippen LogP contribution in [0.2, 0.25) is 0 Å². The Morgan fingerprint density at radius 2 is 2.06 bits per heavy atom. The van der Waals surface area contributed by atoms with E-state index in [1.165, 1.54) is 5.56 Å². The summed E-state index contributed by atoms with van der Waals surface area (Å²) in [4.78, 5) is 11.0. The maximum atomic E-state index is 11.0. The molecule has 1 aromatic rings. The van der Waals surface area contributed by atoms with Gasteiger partial charge in [-0.15, -0.1) is 0 Å². The van der Waals surface area contributed by atoms with Gasteiger partial charge in [0.25, 0.3) is 0 Å². The molecule has 0 aliphatic heterocycles. The Balaban J connectivity index is 2.17. The van der Waals surface area contributed by atoms with Gasteiger partial charge < -0.3 is 5.11 Å². The topological polar surface area (TPSA) is 37.3 Å². The lowest BCUT2D eigenvalue weighted by Gasteiger charge is -2.13. The second-order valence-electron chi connectivity index (χ2n) is 5.44. The van der Waals surface area contributed by atoms with Crippen LogP contribution in [0.15, 0.2) is 24.3 Å². The summed E-state index contributed by atoms with van der Waals surface area (Å²) in [7, 11) is 0. The van der Waals surface area contributed by atoms with Gasteiger partial charge in [-0.1, -0.05) is 45.0 Å². The van der Waals surface area contributed by atoms with E-state index in [1.54, 1.807) is 0 Å². The molecule has 2 heteroatoms. The van der Waals surface area contributed by atoms with E-state index in [1.807, 2.05) is 6.92 Å². The lowest BCUT2D eigenvalue weighted by molar-refractivity contribution is -0.138. The van der Waals surface area contributed by atoms with Crippen LogP contribution in [0.5, 0.6) is 0 Å². The zero-order valence-corrected chi connectivity index (χ0v) is 10.7. The highest BCUT2D eigenvalue weighted by Crippen LogP contribution is 2.54. The zero-order valence-electron chi connectivity index (χ0n) is 10.7. The second-order valence-corrected chi connectivity index (χ2v) is 5.44. The molecule has 0 saturated heterocycles. The zero-order chi connectivity index (χ0) is 12.6. The van der Waals surface area contributed by atoms with Gasteiger partial charge in [-0.2, -0.15) is 0 Å². The van der Waals surface area contributed by atoms with E-state index in [2.05, 4.69) is 38.1 Å². The molecule has 0 bridgehead atoms. The average molecular weight is 232 g/mol. The van der Waals surface area contributed by atoms with Crippen molar-refractivity contribution in [3.05, 3.63) is 35.4 Å². The standard InChI is InChI=1S/C15H20O2/c1-4-10(2)11-5-7-12(8-6-11)15(3)9-13(15)14(16)17/h5-8,10,13H,4,9H2,1-3H3,(H,16,17). The number of rotatable bonds is 4. The van der Waals surface area contributed by atoms with Gasteiger partial charge in [-0.25, -0.2) is 0 Å². The largest absolute Gasteiger partial charge is 0.481 e. The molecule has 0 aromatic heterocycles. The first-order chi connectivity index (χ1) is 7.99. The highest BCUT2D eigenvalue weighted by atomic mass is 16.4. The Labute approximate surface area is 103 Å². The summed E-state index contributed by atoms with van der Waals surface area (Å²) in [6.07, 6.45) is 1.90. The van der Waals surface area contributed by atoms with Crippen molar-refractivity contribution < 1.29 is 9.90 Å². The summed E-state index contributed by atoms with van der Waals surface area (Å²) < 4.78 is 0. The Hall–Kier alpha value is -1.31. The van der Waals surface area contributed by atoms with E-state index in [0.717, 1.165) is 18.4 Å². The van der Waals surface area contributed by atoms with Gasteiger partial charge in [0.2, 0.25) is 0 Å². The van der Waals surface area contributed by atoms with Crippen LogP contribution in [0, 0.1) is 5.92 Å². The molecule has 1 aliphatic carbocycles. The molecule has 92 valence electrons. The molecule has 0 amide bonds. The van der Waals surface area contributed by atoms with Gasteiger partial charge in [0, 0.05) is 5.41 Å². The molecule has 0 radical (unpaired) electrons. The number of carboxylic acid groups (broad SMARTS) is 1. The van der Waals surface area contributed by atoms with Crippen molar-refractivity contribution in [3.63, 3.8) is 0 Å². The lowest BCUT2D eigenvalue weighted by Crippen LogP contribution is -2.11. The van der Waals surface area contributed by atoms with Crippen LogP contribution < -0.4 is 0 Å². The number of carbonyl (C=O) groups is 1. The van der Waals surface area contributed by atoms with Crippen LogP contribution in [-0.4, -0.2) is 11.1 Å². The maximum absolute atomic E-state index is 11.0. The van der Waals surface area contributed by atoms with E-state index in [4.69, 9.17) is 5.11 Å². The Morgan fingerprint density at radius 1 is 1.47 bits per heavy atom. The third kappa shape index (κ3) is 2.08. The molecule has 0 heterocycles. The van der Waals surface area contributed by atoms with Crippen molar-refractivity contribution in [3.8, 4) is 0 Å². The first-order valence-corrected chi connectivity index (χ1v) is 6.32. The Kier molecular flexibility index (Phi) is 2.98. The third-order valence-electron chi connectivity index (χ3n) is 4.29. The van der Waals surface area contributed by atoms with Gasteiger partial charge in [-0.3, -0.25) is 4.79 Å². The molecule has 1 fully saturated rings. The lowest BCUT2D eigenvalue weighted by atomic mass is 9.91. The predicted molar refractivity (Wildman–Crippen MR) is 68.2 cm³/mol. The van der Waals surface area contributed by atoms with Crippen LogP contribution in [0.1, 0.15) is 50.7 Å². The van der Waals surface area contributed by atoms with Gasteiger partial charge in [-0.05, 0) is 29.9 Å². The summed E-state index contributed by atoms with van der Waals surface area (Å²) in [5.74, 6) is -0.290. The minimum Gasteiger partial charge on any atom is -0.481 e. The number of hydrogen-bond acceptors (Lipinski definition) is 1. The van der Waals surface area contributed by atoms with E-state index in [9.17, 15) is 4.79 Å². The van der Waals surface area contributed by atoms with Crippen molar-refractivity contribution in [1.29, 1.82) is 0 Å². The minimum absolute atomic E-state index is 0.139. The van der Waals surface area contributed by atoms with E-state index < -0.39 is 5.97 Å². The maximum Gasteiger partial charge on any atom is 0.307 e. The third-order valence-corrected chi connectivity index (χ3v) is 4.29. The second kappa shape index (κ2) is 4.17. The summed E-state index contributed by atoms with van der Waals surface area (Å²) in [5, 5.41) is 9.03. The molecule has 3 atom stereocenters. The van der Waals surface area contributed by atoms with Crippen molar-refractivity contribution in [1.82, 2.24) is 0 Å². The molecule has 17 heavy (non-hydrogen) atoms. The number of aliphatic carboxylic acids is 1. The molecule has 2 nitrogen and oxygen atoms in total. The summed E-state index contributed by atoms with van der Waals surface area (Å²) in [6.45, 7) is 6.44. The Morgan fingerprint density at radius 3 is 2.47 bits per heavy atom. The normalized spacial score (nSPS) is 28.8. The molecule has 1 N–H and O–H groups in total. The van der Waals surface area contributed by atoms with Crippen LogP contribution in [0.25, 0.3) is 0 Å². The monoisotopic (exact) mass is 232 g/mol. The van der Waals surface area contributed by atoms with Crippen molar-refractivity contribution in [2.24, 2.45) is 5.92 Å². The van der Waals surface area contributed by atoms with E-state index in [0.29, 0.717) is 5.92 Å². The quantitative estimate of drug-likeness (QED) is 0.861. The van der Waals surface area contributed by atoms with Crippen molar-refractivity contribution >= 4 is 5.97 Å². The highest BCUT2D eigenvalue weighted by Gasteiger charge is 2.55. The Bertz CT molecular complexity index is 421. The molecule has 0 spiro atoms. The summed E-state index contributed by atoms with van der Waals surface area (Å²) in [6, 6.07) is 8.49. The van der Waals surface area contributed by atoms with Gasteiger partial charge in [0.15, 0.2) is 0 Å². The fraction of sp³-hybridized carbons (Fsp3) is 0.533. The van der Waals surface area contributed by atoms with Crippen LogP contribution >= 0.6 is 0 Å². The van der Waals surface area contributed by atoms with E-state index >= 15 is 0 Å². The van der Waals surface area contributed by atoms with Crippen molar-refractivity contribution in [2.45, 2.75) is 44.9 Å².